The summed E-state index contributed by atoms with van der Waals surface area (Å²) in [5.41, 5.74) is 0. The lowest BCUT2D eigenvalue weighted by Gasteiger charge is -2.14. The lowest BCUT2D eigenvalue weighted by atomic mass is 10.1. The number of carbonyl (C=O) groups excluding carboxylic acids is 1. The second-order valence-corrected chi connectivity index (χ2v) is 6.59. The molecule has 146 valence electrons. The fourth-order valence-corrected chi connectivity index (χ4v) is 2.72. The molecule has 0 bridgehead atoms. The first kappa shape index (κ1) is 23.4. The number of carboxylic acid groups (broad SMARTS) is 2. The SMILES string of the molecule is CCCCCCCCCCCCCC(=O)OC(CC(=O)O)CC(=O)O. The van der Waals surface area contributed by atoms with Crippen molar-refractivity contribution in [3.05, 3.63) is 0 Å². The second-order valence-electron chi connectivity index (χ2n) is 6.59. The lowest BCUT2D eigenvalue weighted by molar-refractivity contribution is -0.156. The Labute approximate surface area is 150 Å². The van der Waals surface area contributed by atoms with Gasteiger partial charge < -0.3 is 14.9 Å². The number of esters is 1. The second kappa shape index (κ2) is 15.9. The number of carbonyl (C=O) groups is 3. The molecule has 0 aromatic carbocycles. The maximum Gasteiger partial charge on any atom is 0.307 e. The molecule has 0 rings (SSSR count). The molecule has 0 aromatic heterocycles. The van der Waals surface area contributed by atoms with E-state index in [-0.39, 0.29) is 6.42 Å². The normalized spacial score (nSPS) is 10.8. The highest BCUT2D eigenvalue weighted by Crippen LogP contribution is 2.13. The zero-order valence-corrected chi connectivity index (χ0v) is 15.5. The highest BCUT2D eigenvalue weighted by Gasteiger charge is 2.20. The third-order valence-electron chi connectivity index (χ3n) is 4.09. The molecule has 0 spiro atoms. The first-order valence-electron chi connectivity index (χ1n) is 9.58. The first-order valence-corrected chi connectivity index (χ1v) is 9.58. The summed E-state index contributed by atoms with van der Waals surface area (Å²) in [6.45, 7) is 2.22. The number of aliphatic carboxylic acids is 2. The molecule has 0 aliphatic rings. The van der Waals surface area contributed by atoms with Crippen LogP contribution in [0.25, 0.3) is 0 Å². The molecular formula is C19H34O6. The topological polar surface area (TPSA) is 101 Å². The van der Waals surface area contributed by atoms with Gasteiger partial charge in [-0.1, -0.05) is 71.1 Å². The van der Waals surface area contributed by atoms with E-state index >= 15 is 0 Å². The van der Waals surface area contributed by atoms with Crippen LogP contribution in [0, 0.1) is 0 Å². The Balaban J connectivity index is 3.61. The highest BCUT2D eigenvalue weighted by atomic mass is 16.5. The Bertz CT molecular complexity index is 364. The molecule has 0 saturated carbocycles. The maximum absolute atomic E-state index is 11.7. The van der Waals surface area contributed by atoms with Gasteiger partial charge >= 0.3 is 17.9 Å². The van der Waals surface area contributed by atoms with Gasteiger partial charge in [0.05, 0.1) is 12.8 Å². The van der Waals surface area contributed by atoms with Crippen molar-refractivity contribution >= 4 is 17.9 Å². The van der Waals surface area contributed by atoms with Crippen LogP contribution in [-0.4, -0.2) is 34.2 Å². The van der Waals surface area contributed by atoms with Gasteiger partial charge in [-0.2, -0.15) is 0 Å². The van der Waals surface area contributed by atoms with Crippen molar-refractivity contribution in [1.29, 1.82) is 0 Å². The average molecular weight is 358 g/mol. The summed E-state index contributed by atoms with van der Waals surface area (Å²) < 4.78 is 4.96. The number of hydrogen-bond donors (Lipinski definition) is 2. The largest absolute Gasteiger partial charge is 0.481 e. The Morgan fingerprint density at radius 3 is 1.52 bits per heavy atom. The molecule has 0 amide bonds. The van der Waals surface area contributed by atoms with Gasteiger partial charge in [0.2, 0.25) is 0 Å². The van der Waals surface area contributed by atoms with Gasteiger partial charge in [-0.25, -0.2) is 0 Å². The van der Waals surface area contributed by atoms with E-state index in [1.807, 2.05) is 0 Å². The van der Waals surface area contributed by atoms with Gasteiger partial charge in [0.15, 0.2) is 0 Å². The van der Waals surface area contributed by atoms with Crippen LogP contribution in [0.1, 0.15) is 96.8 Å². The molecule has 0 aliphatic carbocycles. The summed E-state index contributed by atoms with van der Waals surface area (Å²) in [5.74, 6) is -2.86. The molecule has 0 unspecified atom stereocenters. The molecule has 0 heterocycles. The predicted octanol–water partition coefficient (Wildman–Crippen LogP) is 4.55. The van der Waals surface area contributed by atoms with Gasteiger partial charge in [-0.3, -0.25) is 14.4 Å². The number of ether oxygens (including phenoxy) is 1. The van der Waals surface area contributed by atoms with Crippen LogP contribution in [0.5, 0.6) is 0 Å². The van der Waals surface area contributed by atoms with Crippen LogP contribution in [0.4, 0.5) is 0 Å². The summed E-state index contributed by atoms with van der Waals surface area (Å²) in [4.78, 5) is 33.0. The molecule has 2 N–H and O–H groups in total. The maximum atomic E-state index is 11.7. The predicted molar refractivity (Wildman–Crippen MR) is 95.5 cm³/mol. The number of carboxylic acids is 2. The molecule has 6 nitrogen and oxygen atoms in total. The molecular weight excluding hydrogens is 324 g/mol. The van der Waals surface area contributed by atoms with Crippen molar-refractivity contribution in [2.75, 3.05) is 0 Å². The smallest absolute Gasteiger partial charge is 0.307 e. The van der Waals surface area contributed by atoms with Crippen LogP contribution in [0.2, 0.25) is 0 Å². The summed E-state index contributed by atoms with van der Waals surface area (Å²) in [6.07, 6.45) is 11.1. The van der Waals surface area contributed by atoms with Crippen molar-refractivity contribution in [3.8, 4) is 0 Å². The van der Waals surface area contributed by atoms with E-state index in [4.69, 9.17) is 14.9 Å². The van der Waals surface area contributed by atoms with Crippen LogP contribution in [0.15, 0.2) is 0 Å². The minimum Gasteiger partial charge on any atom is -0.481 e. The molecule has 0 atom stereocenters. The Kier molecular flexibility index (Phi) is 14.9. The zero-order chi connectivity index (χ0) is 18.9. The average Bonchev–Trinajstić information content (AvgIpc) is 2.51. The van der Waals surface area contributed by atoms with Gasteiger partial charge in [-0.15, -0.1) is 0 Å². The minimum absolute atomic E-state index is 0.215. The molecule has 0 aromatic rings. The summed E-state index contributed by atoms with van der Waals surface area (Å²) in [7, 11) is 0. The fraction of sp³-hybridized carbons (Fsp3) is 0.842. The summed E-state index contributed by atoms with van der Waals surface area (Å²) in [5, 5.41) is 17.4. The Hall–Kier alpha value is -1.59. The Morgan fingerprint density at radius 2 is 1.12 bits per heavy atom. The van der Waals surface area contributed by atoms with E-state index in [9.17, 15) is 14.4 Å². The van der Waals surface area contributed by atoms with Crippen molar-refractivity contribution in [3.63, 3.8) is 0 Å². The first-order chi connectivity index (χ1) is 12.0. The quantitative estimate of drug-likeness (QED) is 0.292. The van der Waals surface area contributed by atoms with Gasteiger partial charge in [0.25, 0.3) is 0 Å². The molecule has 0 saturated heterocycles. The monoisotopic (exact) mass is 358 g/mol. The van der Waals surface area contributed by atoms with E-state index in [1.54, 1.807) is 0 Å². The number of unbranched alkanes of at least 4 members (excludes halogenated alkanes) is 10. The molecule has 0 fully saturated rings. The van der Waals surface area contributed by atoms with E-state index in [0.29, 0.717) is 6.42 Å². The summed E-state index contributed by atoms with van der Waals surface area (Å²) in [6, 6.07) is 0. The van der Waals surface area contributed by atoms with Crippen LogP contribution in [-0.2, 0) is 19.1 Å². The zero-order valence-electron chi connectivity index (χ0n) is 15.5. The van der Waals surface area contributed by atoms with Crippen LogP contribution < -0.4 is 0 Å². The van der Waals surface area contributed by atoms with Crippen molar-refractivity contribution in [2.24, 2.45) is 0 Å². The summed E-state index contributed by atoms with van der Waals surface area (Å²) >= 11 is 0. The molecule has 0 radical (unpaired) electrons. The Morgan fingerprint density at radius 1 is 0.720 bits per heavy atom. The lowest BCUT2D eigenvalue weighted by Crippen LogP contribution is -2.24. The van der Waals surface area contributed by atoms with Crippen LogP contribution >= 0.6 is 0 Å². The van der Waals surface area contributed by atoms with E-state index < -0.39 is 36.9 Å². The minimum atomic E-state index is -1.17. The van der Waals surface area contributed by atoms with Crippen LogP contribution in [0.3, 0.4) is 0 Å². The number of hydrogen-bond acceptors (Lipinski definition) is 4. The van der Waals surface area contributed by atoms with Crippen molar-refractivity contribution in [2.45, 2.75) is 103 Å². The third-order valence-corrected chi connectivity index (χ3v) is 4.09. The number of rotatable bonds is 17. The molecule has 25 heavy (non-hydrogen) atoms. The molecule has 6 heteroatoms. The van der Waals surface area contributed by atoms with E-state index in [1.165, 1.54) is 51.4 Å². The highest BCUT2D eigenvalue weighted by molar-refractivity contribution is 5.74. The molecule has 0 aliphatic heterocycles. The van der Waals surface area contributed by atoms with Crippen molar-refractivity contribution < 1.29 is 29.3 Å². The van der Waals surface area contributed by atoms with Gasteiger partial charge in [-0.05, 0) is 6.42 Å². The van der Waals surface area contributed by atoms with E-state index in [2.05, 4.69) is 6.92 Å². The standard InChI is InChI=1S/C19H34O6/c1-2-3-4-5-6-7-8-9-10-11-12-13-19(24)25-16(14-17(20)21)15-18(22)23/h16H,2-15H2,1H3,(H,20,21)(H,22,23). The van der Waals surface area contributed by atoms with Gasteiger partial charge in [0.1, 0.15) is 6.10 Å². The van der Waals surface area contributed by atoms with Crippen molar-refractivity contribution in [1.82, 2.24) is 0 Å². The van der Waals surface area contributed by atoms with E-state index in [0.717, 1.165) is 12.8 Å². The third kappa shape index (κ3) is 17.0. The fourth-order valence-electron chi connectivity index (χ4n) is 2.72. The van der Waals surface area contributed by atoms with Gasteiger partial charge in [0, 0.05) is 6.42 Å².